The molecule has 52 heavy (non-hydrogen) atoms. The zero-order chi connectivity index (χ0) is 36.9. The van der Waals surface area contributed by atoms with Gasteiger partial charge < -0.3 is 10.6 Å². The van der Waals surface area contributed by atoms with Crippen LogP contribution < -0.4 is 5.73 Å². The lowest BCUT2D eigenvalue weighted by Gasteiger charge is -2.27. The van der Waals surface area contributed by atoms with Crippen molar-refractivity contribution in [1.29, 1.82) is 0 Å². The third-order valence-electron chi connectivity index (χ3n) is 11.0. The Kier molecular flexibility index (Phi) is 9.20. The number of carbonyl (C=O) groups excluding carboxylic acids is 4. The number of nitrogens with zero attached hydrogens (tertiary/aromatic N) is 6. The van der Waals surface area contributed by atoms with E-state index in [4.69, 9.17) is 5.73 Å². The van der Waals surface area contributed by atoms with Gasteiger partial charge in [-0.05, 0) is 92.7 Å². The maximum atomic E-state index is 14.4. The molecule has 1 aromatic carbocycles. The number of aryl methyl sites for hydroxylation is 3. The Bertz CT molecular complexity index is 2090. The lowest BCUT2D eigenvalue weighted by Crippen LogP contribution is -2.45. The Hall–Kier alpha value is -5.01. The molecule has 14 heteroatoms. The van der Waals surface area contributed by atoms with Crippen LogP contribution in [-0.4, -0.2) is 65.1 Å². The number of nitrogens with two attached hydrogens (primary N) is 1. The molecular weight excluding hydrogens is 675 g/mol. The molecule has 0 radical (unpaired) electrons. The Labute approximate surface area is 298 Å². The second-order valence-electron chi connectivity index (χ2n) is 14.6. The molecular formula is C38H40F3N7O4. The number of amides is 2. The van der Waals surface area contributed by atoms with E-state index in [1.165, 1.54) is 10.7 Å². The van der Waals surface area contributed by atoms with Crippen LogP contribution in [0.25, 0.3) is 22.0 Å². The van der Waals surface area contributed by atoms with Crippen molar-refractivity contribution in [2.24, 2.45) is 11.1 Å². The zero-order valence-electron chi connectivity index (χ0n) is 29.1. The molecule has 2 bridgehead atoms. The molecule has 7 rings (SSSR count). The third-order valence-corrected chi connectivity index (χ3v) is 11.0. The molecule has 4 aromatic rings. The van der Waals surface area contributed by atoms with Gasteiger partial charge in [0, 0.05) is 42.2 Å². The van der Waals surface area contributed by atoms with E-state index in [0.29, 0.717) is 60.8 Å². The minimum Gasteiger partial charge on any atom is -0.364 e. The first-order valence-electron chi connectivity index (χ1n) is 17.8. The summed E-state index contributed by atoms with van der Waals surface area (Å²) in [6.07, 6.45) is 4.49. The SMILES string of the molecule is Cc1ncc(-c2cc3c4c(c2)c(C(N)=O)nn4CC(=O)N2[C@H](C(=O)Cc4nc(C(F)(F)F)ccc4C)C[C@@]4(CCC(=O)CCCCCC3)C[C@@H]24)cn1. The zero-order valence-corrected chi connectivity index (χ0v) is 29.1. The normalized spacial score (nSPS) is 22.7. The van der Waals surface area contributed by atoms with Crippen LogP contribution >= 0.6 is 0 Å². The first-order valence-corrected chi connectivity index (χ1v) is 17.8. The molecule has 2 N–H and O–H groups in total. The number of hydrogen-bond donors (Lipinski definition) is 1. The lowest BCUT2D eigenvalue weighted by atomic mass is 9.89. The summed E-state index contributed by atoms with van der Waals surface area (Å²) >= 11 is 0. The first-order chi connectivity index (χ1) is 24.7. The molecule has 0 unspecified atom stereocenters. The van der Waals surface area contributed by atoms with Crippen molar-refractivity contribution in [2.45, 2.75) is 109 Å². The van der Waals surface area contributed by atoms with E-state index < -0.39 is 40.9 Å². The molecule has 2 amide bonds. The van der Waals surface area contributed by atoms with E-state index in [2.05, 4.69) is 20.1 Å². The molecule has 1 saturated carbocycles. The van der Waals surface area contributed by atoms with Crippen molar-refractivity contribution in [3.63, 3.8) is 0 Å². The van der Waals surface area contributed by atoms with Gasteiger partial charge in [0.1, 0.15) is 23.8 Å². The summed E-state index contributed by atoms with van der Waals surface area (Å²) in [7, 11) is 0. The summed E-state index contributed by atoms with van der Waals surface area (Å²) in [6, 6.07) is 4.74. The molecule has 2 fully saturated rings. The molecule has 1 saturated heterocycles. The number of pyridine rings is 1. The van der Waals surface area contributed by atoms with E-state index in [-0.39, 0.29) is 36.2 Å². The summed E-state index contributed by atoms with van der Waals surface area (Å²) in [6.45, 7) is 3.09. The van der Waals surface area contributed by atoms with Crippen LogP contribution in [-0.2, 0) is 39.9 Å². The molecule has 3 atom stereocenters. The topological polar surface area (TPSA) is 154 Å². The van der Waals surface area contributed by atoms with Crippen molar-refractivity contribution >= 4 is 34.3 Å². The summed E-state index contributed by atoms with van der Waals surface area (Å²) in [5.74, 6) is -0.824. The first kappa shape index (κ1) is 35.4. The predicted molar refractivity (Wildman–Crippen MR) is 184 cm³/mol. The van der Waals surface area contributed by atoms with E-state index in [9.17, 15) is 32.3 Å². The van der Waals surface area contributed by atoms with Gasteiger partial charge in [0.05, 0.1) is 23.7 Å². The van der Waals surface area contributed by atoms with Crippen LogP contribution in [0.4, 0.5) is 13.2 Å². The van der Waals surface area contributed by atoms with Crippen molar-refractivity contribution in [3.05, 3.63) is 70.7 Å². The molecule has 5 heterocycles. The van der Waals surface area contributed by atoms with Gasteiger partial charge in [0.15, 0.2) is 11.5 Å². The van der Waals surface area contributed by atoms with Crippen LogP contribution in [0.5, 0.6) is 0 Å². The highest BCUT2D eigenvalue weighted by molar-refractivity contribution is 6.06. The van der Waals surface area contributed by atoms with Crippen molar-refractivity contribution in [2.75, 3.05) is 0 Å². The maximum Gasteiger partial charge on any atom is 0.433 e. The third kappa shape index (κ3) is 6.82. The fourth-order valence-corrected chi connectivity index (χ4v) is 8.13. The number of piperidine rings is 1. The van der Waals surface area contributed by atoms with E-state index in [0.717, 1.165) is 48.4 Å². The average molecular weight is 716 g/mol. The maximum absolute atomic E-state index is 14.4. The largest absolute Gasteiger partial charge is 0.433 e. The quantitative estimate of drug-likeness (QED) is 0.278. The second-order valence-corrected chi connectivity index (χ2v) is 14.6. The van der Waals surface area contributed by atoms with Crippen molar-refractivity contribution < 1.29 is 32.3 Å². The smallest absolute Gasteiger partial charge is 0.364 e. The molecule has 11 nitrogen and oxygen atoms in total. The predicted octanol–water partition coefficient (Wildman–Crippen LogP) is 5.65. The number of benzene rings is 1. The minimum absolute atomic E-state index is 0.00718. The lowest BCUT2D eigenvalue weighted by molar-refractivity contribution is -0.141. The summed E-state index contributed by atoms with van der Waals surface area (Å²) < 4.78 is 42.1. The molecule has 3 aliphatic rings. The number of rotatable bonds is 5. The van der Waals surface area contributed by atoms with Gasteiger partial charge in [-0.25, -0.2) is 15.0 Å². The van der Waals surface area contributed by atoms with Gasteiger partial charge in [0.2, 0.25) is 5.91 Å². The van der Waals surface area contributed by atoms with Crippen LogP contribution in [0.3, 0.4) is 0 Å². The number of Topliss-reactive ketones (excluding diaryl/α,β-unsaturated/α-hetero) is 2. The number of hydrogen-bond acceptors (Lipinski definition) is 8. The van der Waals surface area contributed by atoms with E-state index in [1.54, 1.807) is 37.2 Å². The number of ketones is 2. The fraction of sp³-hybridized carbons (Fsp3) is 0.474. The van der Waals surface area contributed by atoms with Crippen LogP contribution in [0.15, 0.2) is 36.7 Å². The van der Waals surface area contributed by atoms with Gasteiger partial charge >= 0.3 is 6.18 Å². The van der Waals surface area contributed by atoms with Crippen molar-refractivity contribution in [3.8, 4) is 11.1 Å². The van der Waals surface area contributed by atoms with Gasteiger partial charge in [-0.3, -0.25) is 23.9 Å². The number of alkyl halides is 3. The van der Waals surface area contributed by atoms with Crippen LogP contribution in [0.2, 0.25) is 0 Å². The summed E-state index contributed by atoms with van der Waals surface area (Å²) in [5, 5.41) is 5.05. The van der Waals surface area contributed by atoms with Crippen LogP contribution in [0, 0.1) is 19.3 Å². The van der Waals surface area contributed by atoms with E-state index in [1.807, 2.05) is 6.07 Å². The van der Waals surface area contributed by atoms with Gasteiger partial charge in [0.25, 0.3) is 5.91 Å². The average Bonchev–Trinajstić information content (AvgIpc) is 3.50. The summed E-state index contributed by atoms with van der Waals surface area (Å²) in [4.78, 5) is 68.2. The minimum atomic E-state index is -4.68. The highest BCUT2D eigenvalue weighted by atomic mass is 19.4. The highest BCUT2D eigenvalue weighted by Gasteiger charge is 2.66. The number of carbonyl (C=O) groups is 4. The van der Waals surface area contributed by atoms with Gasteiger partial charge in [-0.1, -0.05) is 18.9 Å². The monoisotopic (exact) mass is 715 g/mol. The summed E-state index contributed by atoms with van der Waals surface area (Å²) in [5.41, 5.74) is 7.71. The number of halogens is 3. The molecule has 2 aliphatic heterocycles. The van der Waals surface area contributed by atoms with Crippen LogP contribution in [0.1, 0.15) is 96.6 Å². The van der Waals surface area contributed by atoms with Crippen molar-refractivity contribution in [1.82, 2.24) is 29.6 Å². The second kappa shape index (κ2) is 13.5. The molecule has 1 aliphatic carbocycles. The number of primary amides is 1. The standard InChI is InChI=1S/C38H40F3N7O4/c1-21-9-10-31(38(39,40)41)45-28(21)15-30(50)29-16-37-12-11-26(49)8-6-4-3-5-7-23-13-24(25-18-43-22(2)44-19-25)14-27-34(36(42)52)46-47(35(23)27)20-33(51)48(29)32(37)17-37/h9-10,13-14,18-19,29,32H,3-8,11-12,15-17,20H2,1-2H3,(H2,42,52)/t29-,32+,37-/m0/s1. The molecule has 0 spiro atoms. The Morgan fingerprint density at radius 2 is 1.69 bits per heavy atom. The van der Waals surface area contributed by atoms with E-state index >= 15 is 0 Å². The Balaban J connectivity index is 1.28. The highest BCUT2D eigenvalue weighted by Crippen LogP contribution is 2.62. The fourth-order valence-electron chi connectivity index (χ4n) is 8.13. The number of aromatic nitrogens is 5. The Morgan fingerprint density at radius 1 is 0.962 bits per heavy atom. The Morgan fingerprint density at radius 3 is 2.40 bits per heavy atom. The van der Waals surface area contributed by atoms with Gasteiger partial charge in [-0.2, -0.15) is 18.3 Å². The molecule has 272 valence electrons. The van der Waals surface area contributed by atoms with Gasteiger partial charge in [-0.15, -0.1) is 0 Å². The molecule has 3 aromatic heterocycles.